The maximum absolute atomic E-state index is 5.94. The number of amidine groups is 1. The molecule has 0 amide bonds. The fourth-order valence-corrected chi connectivity index (χ4v) is 2.67. The number of anilines is 1. The van der Waals surface area contributed by atoms with Crippen LogP contribution in [0.3, 0.4) is 0 Å². The summed E-state index contributed by atoms with van der Waals surface area (Å²) in [6.07, 6.45) is 2.07. The van der Waals surface area contributed by atoms with Gasteiger partial charge in [-0.15, -0.1) is 0 Å². The lowest BCUT2D eigenvalue weighted by Gasteiger charge is -2.12. The fourth-order valence-electron chi connectivity index (χ4n) is 1.88. The van der Waals surface area contributed by atoms with Crippen molar-refractivity contribution in [3.05, 3.63) is 41.4 Å². The average Bonchev–Trinajstić information content (AvgIpc) is 2.77. The Hall–Kier alpha value is -1.42. The minimum absolute atomic E-state index is 0.193. The number of thioether (sulfide) groups is 1. The zero-order chi connectivity index (χ0) is 10.3. The lowest BCUT2D eigenvalue weighted by molar-refractivity contribution is 0.559. The SMILES string of the molecule is Nc1ccccc1C1CN2C=CSC2=N1. The smallest absolute Gasteiger partial charge is 0.168 e. The van der Waals surface area contributed by atoms with Gasteiger partial charge < -0.3 is 10.6 Å². The average molecular weight is 217 g/mol. The van der Waals surface area contributed by atoms with Crippen LogP contribution in [0, 0.1) is 0 Å². The molecule has 76 valence electrons. The minimum atomic E-state index is 0.193. The number of benzene rings is 1. The van der Waals surface area contributed by atoms with Gasteiger partial charge in [0.2, 0.25) is 0 Å². The van der Waals surface area contributed by atoms with Gasteiger partial charge in [0.1, 0.15) is 0 Å². The number of hydrogen-bond acceptors (Lipinski definition) is 4. The summed E-state index contributed by atoms with van der Waals surface area (Å²) in [5, 5.41) is 3.15. The molecule has 0 fully saturated rings. The van der Waals surface area contributed by atoms with Crippen LogP contribution >= 0.6 is 11.8 Å². The molecule has 0 aliphatic carbocycles. The zero-order valence-corrected chi connectivity index (χ0v) is 8.95. The molecule has 0 saturated carbocycles. The Kier molecular flexibility index (Phi) is 1.95. The van der Waals surface area contributed by atoms with Crippen molar-refractivity contribution < 1.29 is 0 Å². The summed E-state index contributed by atoms with van der Waals surface area (Å²) in [4.78, 5) is 6.81. The highest BCUT2D eigenvalue weighted by Crippen LogP contribution is 2.34. The summed E-state index contributed by atoms with van der Waals surface area (Å²) >= 11 is 1.67. The monoisotopic (exact) mass is 217 g/mol. The normalized spacial score (nSPS) is 23.1. The topological polar surface area (TPSA) is 41.6 Å². The first-order valence-electron chi connectivity index (χ1n) is 4.87. The molecule has 2 aliphatic rings. The Bertz CT molecular complexity index is 453. The van der Waals surface area contributed by atoms with Gasteiger partial charge in [0.25, 0.3) is 0 Å². The third-order valence-electron chi connectivity index (χ3n) is 2.65. The summed E-state index contributed by atoms with van der Waals surface area (Å²) in [7, 11) is 0. The third kappa shape index (κ3) is 1.41. The molecule has 1 aromatic carbocycles. The summed E-state index contributed by atoms with van der Waals surface area (Å²) < 4.78 is 0. The van der Waals surface area contributed by atoms with E-state index in [0.29, 0.717) is 0 Å². The summed E-state index contributed by atoms with van der Waals surface area (Å²) in [5.41, 5.74) is 7.91. The second-order valence-corrected chi connectivity index (χ2v) is 4.48. The van der Waals surface area contributed by atoms with Crippen LogP contribution in [0.5, 0.6) is 0 Å². The van der Waals surface area contributed by atoms with E-state index < -0.39 is 0 Å². The van der Waals surface area contributed by atoms with Crippen molar-refractivity contribution in [1.29, 1.82) is 0 Å². The summed E-state index contributed by atoms with van der Waals surface area (Å²) in [6, 6.07) is 8.15. The van der Waals surface area contributed by atoms with Gasteiger partial charge in [0.15, 0.2) is 5.17 Å². The summed E-state index contributed by atoms with van der Waals surface area (Å²) in [6.45, 7) is 0.910. The number of aliphatic imine (C=N–C) groups is 1. The van der Waals surface area contributed by atoms with E-state index in [0.717, 1.165) is 23.0 Å². The van der Waals surface area contributed by atoms with E-state index in [1.807, 2.05) is 18.2 Å². The van der Waals surface area contributed by atoms with E-state index in [2.05, 4.69) is 27.6 Å². The van der Waals surface area contributed by atoms with Crippen molar-refractivity contribution in [1.82, 2.24) is 4.90 Å². The largest absolute Gasteiger partial charge is 0.398 e. The van der Waals surface area contributed by atoms with Crippen LogP contribution in [0.1, 0.15) is 11.6 Å². The first kappa shape index (κ1) is 8.85. The molecule has 2 heterocycles. The number of hydrogen-bond donors (Lipinski definition) is 1. The number of nitrogens with zero attached hydrogens (tertiary/aromatic N) is 2. The van der Waals surface area contributed by atoms with Crippen LogP contribution < -0.4 is 5.73 Å². The molecular formula is C11H11N3S. The van der Waals surface area contributed by atoms with Crippen molar-refractivity contribution in [2.24, 2.45) is 4.99 Å². The van der Waals surface area contributed by atoms with Gasteiger partial charge in [0.05, 0.1) is 12.6 Å². The first-order valence-corrected chi connectivity index (χ1v) is 5.75. The van der Waals surface area contributed by atoms with E-state index in [-0.39, 0.29) is 6.04 Å². The standard InChI is InChI=1S/C11H11N3S/c12-9-4-2-1-3-8(9)10-7-14-5-6-15-11(14)13-10/h1-6,10H,7,12H2. The van der Waals surface area contributed by atoms with E-state index >= 15 is 0 Å². The number of fused-ring (bicyclic) bond motifs is 1. The molecular weight excluding hydrogens is 206 g/mol. The van der Waals surface area contributed by atoms with E-state index in [9.17, 15) is 0 Å². The van der Waals surface area contributed by atoms with Crippen molar-refractivity contribution in [2.75, 3.05) is 12.3 Å². The molecule has 1 aromatic rings. The van der Waals surface area contributed by atoms with Crippen LogP contribution in [0.2, 0.25) is 0 Å². The van der Waals surface area contributed by atoms with E-state index in [4.69, 9.17) is 5.73 Å². The molecule has 15 heavy (non-hydrogen) atoms. The molecule has 2 N–H and O–H groups in total. The van der Waals surface area contributed by atoms with Crippen LogP contribution in [0.15, 0.2) is 40.9 Å². The van der Waals surface area contributed by atoms with Gasteiger partial charge >= 0.3 is 0 Å². The predicted octanol–water partition coefficient (Wildman–Crippen LogP) is 2.20. The molecule has 1 unspecified atom stereocenters. The first-order chi connectivity index (χ1) is 7.34. The molecule has 0 radical (unpaired) electrons. The van der Waals surface area contributed by atoms with Crippen LogP contribution in [-0.4, -0.2) is 16.6 Å². The fraction of sp³-hybridized carbons (Fsp3) is 0.182. The molecule has 0 spiro atoms. The highest BCUT2D eigenvalue weighted by atomic mass is 32.2. The minimum Gasteiger partial charge on any atom is -0.398 e. The lowest BCUT2D eigenvalue weighted by atomic mass is 10.1. The molecule has 4 heteroatoms. The number of rotatable bonds is 1. The quantitative estimate of drug-likeness (QED) is 0.733. The second-order valence-electron chi connectivity index (χ2n) is 3.61. The van der Waals surface area contributed by atoms with Crippen molar-refractivity contribution in [2.45, 2.75) is 6.04 Å². The Balaban J connectivity index is 1.92. The van der Waals surface area contributed by atoms with Gasteiger partial charge in [-0.25, -0.2) is 0 Å². The molecule has 3 rings (SSSR count). The molecule has 1 atom stereocenters. The van der Waals surface area contributed by atoms with Gasteiger partial charge in [0, 0.05) is 17.5 Å². The molecule has 3 nitrogen and oxygen atoms in total. The van der Waals surface area contributed by atoms with Gasteiger partial charge in [-0.3, -0.25) is 4.99 Å². The second kappa shape index (κ2) is 3.31. The Labute approximate surface area is 92.7 Å². The van der Waals surface area contributed by atoms with Crippen LogP contribution in [-0.2, 0) is 0 Å². The van der Waals surface area contributed by atoms with E-state index in [1.165, 1.54) is 0 Å². The van der Waals surface area contributed by atoms with Gasteiger partial charge in [-0.1, -0.05) is 30.0 Å². The highest BCUT2D eigenvalue weighted by Gasteiger charge is 2.28. The summed E-state index contributed by atoms with van der Waals surface area (Å²) in [5.74, 6) is 0. The number of nitrogen functional groups attached to an aromatic ring is 1. The zero-order valence-electron chi connectivity index (χ0n) is 8.13. The molecule has 0 bridgehead atoms. The van der Waals surface area contributed by atoms with Crippen LogP contribution in [0.4, 0.5) is 5.69 Å². The molecule has 0 aromatic heterocycles. The Morgan fingerprint density at radius 3 is 3.07 bits per heavy atom. The Morgan fingerprint density at radius 1 is 1.40 bits per heavy atom. The predicted molar refractivity (Wildman–Crippen MR) is 64.5 cm³/mol. The highest BCUT2D eigenvalue weighted by molar-refractivity contribution is 8.16. The van der Waals surface area contributed by atoms with Crippen LogP contribution in [0.25, 0.3) is 0 Å². The van der Waals surface area contributed by atoms with Crippen molar-refractivity contribution in [3.63, 3.8) is 0 Å². The molecule has 0 saturated heterocycles. The third-order valence-corrected chi connectivity index (χ3v) is 3.46. The van der Waals surface area contributed by atoms with Gasteiger partial charge in [-0.2, -0.15) is 0 Å². The lowest BCUT2D eigenvalue weighted by Crippen LogP contribution is -2.16. The van der Waals surface area contributed by atoms with Crippen molar-refractivity contribution >= 4 is 22.6 Å². The van der Waals surface area contributed by atoms with E-state index in [1.54, 1.807) is 11.8 Å². The maximum atomic E-state index is 5.94. The van der Waals surface area contributed by atoms with Gasteiger partial charge in [-0.05, 0) is 11.5 Å². The maximum Gasteiger partial charge on any atom is 0.168 e. The Morgan fingerprint density at radius 2 is 2.27 bits per heavy atom. The van der Waals surface area contributed by atoms with Crippen molar-refractivity contribution in [3.8, 4) is 0 Å². The number of nitrogens with two attached hydrogens (primary N) is 1. The number of para-hydroxylation sites is 1. The molecule has 2 aliphatic heterocycles.